The number of carbonyl (C=O) groups is 3. The van der Waals surface area contributed by atoms with Gasteiger partial charge in [-0.05, 0) is 35.0 Å². The van der Waals surface area contributed by atoms with Gasteiger partial charge in [0.2, 0.25) is 0 Å². The van der Waals surface area contributed by atoms with Crippen LogP contribution in [0.3, 0.4) is 0 Å². The van der Waals surface area contributed by atoms with Crippen molar-refractivity contribution in [3.05, 3.63) is 82.0 Å². The average molecular weight is 438 g/mol. The van der Waals surface area contributed by atoms with E-state index in [1.807, 2.05) is 47.8 Å². The van der Waals surface area contributed by atoms with Gasteiger partial charge < -0.3 is 4.74 Å². The van der Waals surface area contributed by atoms with Crippen LogP contribution in [-0.2, 0) is 9.53 Å². The molecule has 7 nitrogen and oxygen atoms in total. The Morgan fingerprint density at radius 3 is 2.43 bits per heavy atom. The highest BCUT2D eigenvalue weighted by atomic mass is 32.1. The van der Waals surface area contributed by atoms with Gasteiger partial charge in [-0.1, -0.05) is 30.3 Å². The molecule has 1 aromatic carbocycles. The number of benzene rings is 1. The summed E-state index contributed by atoms with van der Waals surface area (Å²) in [7, 11) is 0. The van der Waals surface area contributed by atoms with Gasteiger partial charge in [-0.25, -0.2) is 9.48 Å². The molecule has 2 amide bonds. The topological polar surface area (TPSA) is 90.3 Å². The molecule has 0 aliphatic rings. The van der Waals surface area contributed by atoms with Crippen LogP contribution in [-0.4, -0.2) is 34.2 Å². The standard InChI is InChI=1S/C21H15N3O4S2/c25-18(22-20(26)17-9-5-11-30-17)13-28-21(27)15-12-24(14-6-2-1-3-7-14)23-19(15)16-8-4-10-29-16/h1-12H,13H2,(H,22,25,26). The fraction of sp³-hybridized carbons (Fsp3) is 0.0476. The lowest BCUT2D eigenvalue weighted by Crippen LogP contribution is -2.33. The van der Waals surface area contributed by atoms with Crippen LogP contribution in [0.15, 0.2) is 71.6 Å². The van der Waals surface area contributed by atoms with E-state index in [0.29, 0.717) is 10.6 Å². The summed E-state index contributed by atoms with van der Waals surface area (Å²) in [6.07, 6.45) is 1.57. The van der Waals surface area contributed by atoms with Crippen molar-refractivity contribution < 1.29 is 19.1 Å². The Hall–Kier alpha value is -3.56. The lowest BCUT2D eigenvalue weighted by molar-refractivity contribution is -0.123. The van der Waals surface area contributed by atoms with Crippen molar-refractivity contribution in [2.24, 2.45) is 0 Å². The predicted octanol–water partition coefficient (Wildman–Crippen LogP) is 3.78. The monoisotopic (exact) mass is 437 g/mol. The number of amides is 2. The third kappa shape index (κ3) is 4.37. The molecule has 150 valence electrons. The second-order valence-corrected chi connectivity index (χ2v) is 7.97. The zero-order valence-electron chi connectivity index (χ0n) is 15.5. The Balaban J connectivity index is 1.49. The van der Waals surface area contributed by atoms with Crippen molar-refractivity contribution in [2.75, 3.05) is 6.61 Å². The third-order valence-electron chi connectivity index (χ3n) is 4.04. The first kappa shape index (κ1) is 19.7. The van der Waals surface area contributed by atoms with Crippen LogP contribution in [0.4, 0.5) is 0 Å². The first-order chi connectivity index (χ1) is 14.6. The summed E-state index contributed by atoms with van der Waals surface area (Å²) in [5.74, 6) is -1.92. The second-order valence-electron chi connectivity index (χ2n) is 6.08. The van der Waals surface area contributed by atoms with E-state index in [0.717, 1.165) is 10.6 Å². The number of nitrogens with one attached hydrogen (secondary N) is 1. The molecule has 1 N–H and O–H groups in total. The maximum Gasteiger partial charge on any atom is 0.342 e. The number of esters is 1. The van der Waals surface area contributed by atoms with E-state index in [2.05, 4.69) is 10.4 Å². The van der Waals surface area contributed by atoms with Gasteiger partial charge in [-0.15, -0.1) is 22.7 Å². The molecule has 4 rings (SSSR count). The molecule has 30 heavy (non-hydrogen) atoms. The second kappa shape index (κ2) is 8.85. The summed E-state index contributed by atoms with van der Waals surface area (Å²) < 4.78 is 6.74. The molecule has 0 spiro atoms. The molecular formula is C21H15N3O4S2. The Kier molecular flexibility index (Phi) is 5.82. The van der Waals surface area contributed by atoms with Gasteiger partial charge >= 0.3 is 5.97 Å². The minimum Gasteiger partial charge on any atom is -0.452 e. The molecule has 0 saturated carbocycles. The van der Waals surface area contributed by atoms with Crippen LogP contribution in [0, 0.1) is 0 Å². The van der Waals surface area contributed by atoms with E-state index in [-0.39, 0.29) is 5.56 Å². The molecule has 3 heterocycles. The Morgan fingerprint density at radius 1 is 0.967 bits per heavy atom. The van der Waals surface area contributed by atoms with Crippen molar-refractivity contribution >= 4 is 40.5 Å². The van der Waals surface area contributed by atoms with Crippen LogP contribution in [0.1, 0.15) is 20.0 Å². The van der Waals surface area contributed by atoms with Crippen LogP contribution in [0.2, 0.25) is 0 Å². The number of rotatable bonds is 6. The van der Waals surface area contributed by atoms with Crippen LogP contribution < -0.4 is 5.32 Å². The van der Waals surface area contributed by atoms with E-state index in [4.69, 9.17) is 4.74 Å². The van der Waals surface area contributed by atoms with Crippen molar-refractivity contribution in [1.82, 2.24) is 15.1 Å². The first-order valence-corrected chi connectivity index (χ1v) is 10.6. The summed E-state index contributed by atoms with van der Waals surface area (Å²) in [4.78, 5) is 37.8. The molecule has 4 aromatic rings. The van der Waals surface area contributed by atoms with E-state index in [1.165, 1.54) is 22.7 Å². The highest BCUT2D eigenvalue weighted by molar-refractivity contribution is 7.13. The van der Waals surface area contributed by atoms with Gasteiger partial charge in [-0.3, -0.25) is 14.9 Å². The molecule has 0 unspecified atom stereocenters. The molecule has 0 radical (unpaired) electrons. The first-order valence-electron chi connectivity index (χ1n) is 8.85. The molecule has 0 atom stereocenters. The van der Waals surface area contributed by atoms with E-state index < -0.39 is 24.4 Å². The zero-order valence-corrected chi connectivity index (χ0v) is 17.1. The van der Waals surface area contributed by atoms with Crippen molar-refractivity contribution in [1.29, 1.82) is 0 Å². The van der Waals surface area contributed by atoms with Gasteiger partial charge in [0.15, 0.2) is 6.61 Å². The highest BCUT2D eigenvalue weighted by Crippen LogP contribution is 2.28. The summed E-state index contributed by atoms with van der Waals surface area (Å²) in [6.45, 7) is -0.573. The quantitative estimate of drug-likeness (QED) is 0.464. The summed E-state index contributed by atoms with van der Waals surface area (Å²) in [5.41, 5.74) is 1.49. The van der Waals surface area contributed by atoms with Crippen molar-refractivity contribution in [3.63, 3.8) is 0 Å². The summed E-state index contributed by atoms with van der Waals surface area (Å²) >= 11 is 2.65. The van der Waals surface area contributed by atoms with Crippen molar-refractivity contribution in [2.45, 2.75) is 0 Å². The summed E-state index contributed by atoms with van der Waals surface area (Å²) in [6, 6.07) is 16.4. The molecule has 0 saturated heterocycles. The van der Waals surface area contributed by atoms with Crippen molar-refractivity contribution in [3.8, 4) is 16.3 Å². The molecule has 0 aliphatic heterocycles. The molecule has 0 bridgehead atoms. The predicted molar refractivity (Wildman–Crippen MR) is 114 cm³/mol. The van der Waals surface area contributed by atoms with Gasteiger partial charge in [0, 0.05) is 6.20 Å². The van der Waals surface area contributed by atoms with Crippen LogP contribution in [0.5, 0.6) is 0 Å². The number of hydrogen-bond acceptors (Lipinski definition) is 7. The number of nitrogens with zero attached hydrogens (tertiary/aromatic N) is 2. The van der Waals surface area contributed by atoms with Gasteiger partial charge in [0.25, 0.3) is 11.8 Å². The Bertz CT molecular complexity index is 1170. The van der Waals surface area contributed by atoms with Crippen LogP contribution in [0.25, 0.3) is 16.3 Å². The van der Waals surface area contributed by atoms with Gasteiger partial charge in [0.05, 0.1) is 15.4 Å². The smallest absolute Gasteiger partial charge is 0.342 e. The number of carbonyl (C=O) groups excluding carboxylic acids is 3. The minimum absolute atomic E-state index is 0.235. The van der Waals surface area contributed by atoms with Gasteiger partial charge in [0.1, 0.15) is 11.3 Å². The molecule has 3 aromatic heterocycles. The molecule has 9 heteroatoms. The molecule has 0 aliphatic carbocycles. The largest absolute Gasteiger partial charge is 0.452 e. The SMILES string of the molecule is O=C(COC(=O)c1cn(-c2ccccc2)nc1-c1cccs1)NC(=O)c1cccs1. The number of thiophene rings is 2. The molecular weight excluding hydrogens is 422 g/mol. The fourth-order valence-corrected chi connectivity index (χ4v) is 4.01. The minimum atomic E-state index is -0.699. The lowest BCUT2D eigenvalue weighted by atomic mass is 10.2. The van der Waals surface area contributed by atoms with Crippen LogP contribution >= 0.6 is 22.7 Å². The Morgan fingerprint density at radius 2 is 1.73 bits per heavy atom. The normalized spacial score (nSPS) is 10.5. The lowest BCUT2D eigenvalue weighted by Gasteiger charge is -2.05. The Labute approximate surface area is 179 Å². The van der Waals surface area contributed by atoms with E-state index in [1.54, 1.807) is 28.4 Å². The van der Waals surface area contributed by atoms with Gasteiger partial charge in [-0.2, -0.15) is 5.10 Å². The average Bonchev–Trinajstić information content (AvgIpc) is 3.53. The third-order valence-corrected chi connectivity index (χ3v) is 5.79. The zero-order chi connectivity index (χ0) is 20.9. The maximum absolute atomic E-state index is 12.7. The number of hydrogen-bond donors (Lipinski definition) is 1. The van der Waals surface area contributed by atoms with E-state index >= 15 is 0 Å². The number of imide groups is 1. The number of para-hydroxylation sites is 1. The molecule has 0 fully saturated rings. The fourth-order valence-electron chi connectivity index (χ4n) is 2.67. The highest BCUT2D eigenvalue weighted by Gasteiger charge is 2.22. The number of aromatic nitrogens is 2. The summed E-state index contributed by atoms with van der Waals surface area (Å²) in [5, 5.41) is 10.3. The maximum atomic E-state index is 12.7. The van der Waals surface area contributed by atoms with E-state index in [9.17, 15) is 14.4 Å². The number of ether oxygens (including phenoxy) is 1.